The fourth-order valence-electron chi connectivity index (χ4n) is 1.98. The molecule has 2 N–H and O–H groups in total. The zero-order valence-corrected chi connectivity index (χ0v) is 12.1. The molecule has 0 aromatic carbocycles. The van der Waals surface area contributed by atoms with Crippen LogP contribution in [-0.4, -0.2) is 53.2 Å². The summed E-state index contributed by atoms with van der Waals surface area (Å²) in [4.78, 5) is 35.7. The topological polar surface area (TPSA) is 95.9 Å². The fourth-order valence-corrected chi connectivity index (χ4v) is 1.98. The van der Waals surface area contributed by atoms with E-state index in [1.54, 1.807) is 20.8 Å². The van der Waals surface area contributed by atoms with Crippen LogP contribution in [0.15, 0.2) is 0 Å². The zero-order chi connectivity index (χ0) is 15.3. The van der Waals surface area contributed by atoms with E-state index in [2.05, 4.69) is 5.32 Å². The Morgan fingerprint density at radius 2 is 2.00 bits per heavy atom. The number of rotatable bonds is 3. The lowest BCUT2D eigenvalue weighted by molar-refractivity contribution is -0.145. The fraction of sp³-hybridized carbons (Fsp3) is 0.769. The van der Waals surface area contributed by atoms with Crippen LogP contribution in [0.3, 0.4) is 0 Å². The number of carboxylic acid groups (broad SMARTS) is 1. The lowest BCUT2D eigenvalue weighted by Crippen LogP contribution is -2.47. The standard InChI is InChI=1S/C13H22N2O5/c1-13(2,3)20-12(19)14-7-10(16)15-6-4-5-9(8-15)11(17)18/h9H,4-8H2,1-3H3,(H,14,19)(H,17,18)/t9-/m1/s1. The van der Waals surface area contributed by atoms with Crippen molar-refractivity contribution in [2.75, 3.05) is 19.6 Å². The van der Waals surface area contributed by atoms with E-state index >= 15 is 0 Å². The molecule has 0 aromatic rings. The van der Waals surface area contributed by atoms with Crippen LogP contribution in [0.5, 0.6) is 0 Å². The Balaban J connectivity index is 2.39. The van der Waals surface area contributed by atoms with Gasteiger partial charge in [-0.25, -0.2) is 4.79 Å². The first-order valence-corrected chi connectivity index (χ1v) is 6.66. The Labute approximate surface area is 118 Å². The number of nitrogens with zero attached hydrogens (tertiary/aromatic N) is 1. The highest BCUT2D eigenvalue weighted by atomic mass is 16.6. The SMILES string of the molecule is CC(C)(C)OC(=O)NCC(=O)N1CCC[C@@H](C(=O)O)C1. The Bertz CT molecular complexity index is 389. The van der Waals surface area contributed by atoms with Crippen LogP contribution < -0.4 is 5.32 Å². The van der Waals surface area contributed by atoms with Crippen LogP contribution in [-0.2, 0) is 14.3 Å². The molecule has 1 rings (SSSR count). The Morgan fingerprint density at radius 3 is 2.55 bits per heavy atom. The van der Waals surface area contributed by atoms with Gasteiger partial charge in [0.2, 0.25) is 5.91 Å². The van der Waals surface area contributed by atoms with Crippen molar-refractivity contribution in [1.82, 2.24) is 10.2 Å². The van der Waals surface area contributed by atoms with Crippen LogP contribution in [0.1, 0.15) is 33.6 Å². The second-order valence-electron chi connectivity index (χ2n) is 5.87. The van der Waals surface area contributed by atoms with E-state index in [1.807, 2.05) is 0 Å². The van der Waals surface area contributed by atoms with Crippen LogP contribution in [0, 0.1) is 5.92 Å². The van der Waals surface area contributed by atoms with E-state index in [0.29, 0.717) is 19.4 Å². The van der Waals surface area contributed by atoms with Gasteiger partial charge in [-0.2, -0.15) is 0 Å². The molecule has 0 saturated carbocycles. The van der Waals surface area contributed by atoms with Crippen molar-refractivity contribution in [2.24, 2.45) is 5.92 Å². The predicted octanol–water partition coefficient (Wildman–Crippen LogP) is 0.834. The van der Waals surface area contributed by atoms with Crippen molar-refractivity contribution in [1.29, 1.82) is 0 Å². The van der Waals surface area contributed by atoms with E-state index in [1.165, 1.54) is 4.90 Å². The van der Waals surface area contributed by atoms with Gasteiger partial charge in [0.15, 0.2) is 0 Å². The Kier molecular flexibility index (Phi) is 5.35. The molecule has 2 amide bonds. The highest BCUT2D eigenvalue weighted by molar-refractivity contribution is 5.83. The lowest BCUT2D eigenvalue weighted by atomic mass is 9.98. The average molecular weight is 286 g/mol. The van der Waals surface area contributed by atoms with E-state index in [0.717, 1.165) is 0 Å². The van der Waals surface area contributed by atoms with E-state index in [4.69, 9.17) is 9.84 Å². The highest BCUT2D eigenvalue weighted by Crippen LogP contribution is 2.16. The molecular formula is C13H22N2O5. The normalized spacial score (nSPS) is 19.4. The number of likely N-dealkylation sites (tertiary alicyclic amines) is 1. The van der Waals surface area contributed by atoms with Crippen molar-refractivity contribution >= 4 is 18.0 Å². The van der Waals surface area contributed by atoms with Crippen molar-refractivity contribution in [3.63, 3.8) is 0 Å². The first-order chi connectivity index (χ1) is 9.19. The molecule has 7 heteroatoms. The summed E-state index contributed by atoms with van der Waals surface area (Å²) in [7, 11) is 0. The summed E-state index contributed by atoms with van der Waals surface area (Å²) in [6, 6.07) is 0. The second-order valence-corrected chi connectivity index (χ2v) is 5.87. The summed E-state index contributed by atoms with van der Waals surface area (Å²) in [6.45, 7) is 5.74. The van der Waals surface area contributed by atoms with Crippen LogP contribution in [0.25, 0.3) is 0 Å². The Hall–Kier alpha value is -1.79. The molecule has 1 heterocycles. The van der Waals surface area contributed by atoms with Gasteiger partial charge in [-0.3, -0.25) is 9.59 Å². The number of carboxylic acids is 1. The maximum atomic E-state index is 11.9. The molecule has 0 spiro atoms. The monoisotopic (exact) mass is 286 g/mol. The Morgan fingerprint density at radius 1 is 1.35 bits per heavy atom. The zero-order valence-electron chi connectivity index (χ0n) is 12.1. The molecule has 0 bridgehead atoms. The van der Waals surface area contributed by atoms with E-state index in [-0.39, 0.29) is 19.0 Å². The molecule has 1 aliphatic heterocycles. The minimum Gasteiger partial charge on any atom is -0.481 e. The molecule has 1 aliphatic rings. The molecule has 20 heavy (non-hydrogen) atoms. The predicted molar refractivity (Wildman–Crippen MR) is 71.2 cm³/mol. The summed E-state index contributed by atoms with van der Waals surface area (Å²) < 4.78 is 5.02. The number of nitrogens with one attached hydrogen (secondary N) is 1. The minimum atomic E-state index is -0.886. The van der Waals surface area contributed by atoms with Gasteiger partial charge >= 0.3 is 12.1 Å². The minimum absolute atomic E-state index is 0.179. The molecule has 0 aromatic heterocycles. The molecule has 0 radical (unpaired) electrons. The molecular weight excluding hydrogens is 264 g/mol. The maximum Gasteiger partial charge on any atom is 0.408 e. The third kappa shape index (κ3) is 5.46. The van der Waals surface area contributed by atoms with Crippen molar-refractivity contribution in [3.8, 4) is 0 Å². The van der Waals surface area contributed by atoms with Crippen LogP contribution >= 0.6 is 0 Å². The summed E-state index contributed by atoms with van der Waals surface area (Å²) in [6.07, 6.45) is 0.589. The van der Waals surface area contributed by atoms with Gasteiger partial charge in [-0.05, 0) is 33.6 Å². The van der Waals surface area contributed by atoms with Crippen molar-refractivity contribution < 1.29 is 24.2 Å². The molecule has 7 nitrogen and oxygen atoms in total. The first kappa shape index (κ1) is 16.3. The van der Waals surface area contributed by atoms with E-state index in [9.17, 15) is 14.4 Å². The largest absolute Gasteiger partial charge is 0.481 e. The summed E-state index contributed by atoms with van der Waals surface area (Å²) >= 11 is 0. The third-order valence-corrected chi connectivity index (χ3v) is 2.91. The molecule has 114 valence electrons. The van der Waals surface area contributed by atoms with Gasteiger partial charge < -0.3 is 20.1 Å². The maximum absolute atomic E-state index is 11.9. The molecule has 1 atom stereocenters. The summed E-state index contributed by atoms with van der Waals surface area (Å²) in [5, 5.41) is 11.3. The third-order valence-electron chi connectivity index (χ3n) is 2.91. The van der Waals surface area contributed by atoms with Gasteiger partial charge in [0, 0.05) is 13.1 Å². The second kappa shape index (κ2) is 6.58. The van der Waals surface area contributed by atoms with Gasteiger partial charge in [-0.1, -0.05) is 0 Å². The van der Waals surface area contributed by atoms with Gasteiger partial charge in [-0.15, -0.1) is 0 Å². The average Bonchev–Trinajstić information content (AvgIpc) is 2.34. The molecule has 1 saturated heterocycles. The number of alkyl carbamates (subject to hydrolysis) is 1. The van der Waals surface area contributed by atoms with Gasteiger partial charge in [0.05, 0.1) is 5.92 Å². The van der Waals surface area contributed by atoms with E-state index < -0.39 is 23.6 Å². The summed E-state index contributed by atoms with van der Waals surface area (Å²) in [5.41, 5.74) is -0.618. The van der Waals surface area contributed by atoms with Gasteiger partial charge in [0.25, 0.3) is 0 Å². The number of carbonyl (C=O) groups is 3. The number of piperidine rings is 1. The first-order valence-electron chi connectivity index (χ1n) is 6.66. The summed E-state index contributed by atoms with van der Waals surface area (Å²) in [5.74, 6) is -1.70. The number of hydrogen-bond donors (Lipinski definition) is 2. The van der Waals surface area contributed by atoms with Gasteiger partial charge in [0.1, 0.15) is 12.1 Å². The quantitative estimate of drug-likeness (QED) is 0.801. The van der Waals surface area contributed by atoms with Crippen molar-refractivity contribution in [3.05, 3.63) is 0 Å². The smallest absolute Gasteiger partial charge is 0.408 e. The lowest BCUT2D eigenvalue weighted by Gasteiger charge is -2.30. The number of hydrogen-bond acceptors (Lipinski definition) is 4. The van der Waals surface area contributed by atoms with Crippen LogP contribution in [0.2, 0.25) is 0 Å². The molecule has 0 aliphatic carbocycles. The number of aliphatic carboxylic acids is 1. The van der Waals surface area contributed by atoms with Crippen LogP contribution in [0.4, 0.5) is 4.79 Å². The molecule has 0 unspecified atom stereocenters. The number of carbonyl (C=O) groups excluding carboxylic acids is 2. The number of amides is 2. The highest BCUT2D eigenvalue weighted by Gasteiger charge is 2.28. The van der Waals surface area contributed by atoms with Crippen molar-refractivity contribution in [2.45, 2.75) is 39.2 Å². The molecule has 1 fully saturated rings. The number of ether oxygens (including phenoxy) is 1.